The highest BCUT2D eigenvalue weighted by molar-refractivity contribution is 7.14. The third-order valence-corrected chi connectivity index (χ3v) is 7.88. The van der Waals surface area contributed by atoms with Gasteiger partial charge in [0.1, 0.15) is 0 Å². The van der Waals surface area contributed by atoms with E-state index >= 15 is 0 Å². The number of thiophene rings is 1. The lowest BCUT2D eigenvalue weighted by Gasteiger charge is -2.26. The average Bonchev–Trinajstić information content (AvgIpc) is 3.34. The van der Waals surface area contributed by atoms with Crippen molar-refractivity contribution in [3.63, 3.8) is 0 Å². The maximum absolute atomic E-state index is 13.3. The first-order valence-corrected chi connectivity index (χ1v) is 14.0. The standard InChI is InChI=1S/C28H33ClN6O3S/c1-5-24(36)30-22-16-23(39-18(22)2)27(38)32-28-31-21-12-8-11-20(29)26(21)35(28)19-10-6-7-15-34(17-19)25(37)13-9-14-33(3)4/h5,8-9,11-13,16,19H,1,6-7,10,14-15,17H2,2-4H3,(H,30,36)(H,31,32,38)/b13-9+/t19-/m1/s1. The fraction of sp³-hybridized carbons (Fsp3) is 0.357. The normalized spacial score (nSPS) is 16.0. The molecule has 9 nitrogen and oxygen atoms in total. The van der Waals surface area contributed by atoms with E-state index in [1.807, 2.05) is 53.6 Å². The molecule has 1 aliphatic heterocycles. The maximum Gasteiger partial charge on any atom is 0.268 e. The Bertz CT molecular complexity index is 1430. The Hall–Kier alpha value is -3.47. The molecule has 0 radical (unpaired) electrons. The number of fused-ring (bicyclic) bond motifs is 1. The van der Waals surface area contributed by atoms with Gasteiger partial charge in [-0.25, -0.2) is 4.98 Å². The highest BCUT2D eigenvalue weighted by atomic mass is 35.5. The fourth-order valence-corrected chi connectivity index (χ4v) is 5.75. The molecule has 3 aromatic rings. The summed E-state index contributed by atoms with van der Waals surface area (Å²) in [5.74, 6) is -0.354. The van der Waals surface area contributed by atoms with Crippen molar-refractivity contribution in [3.8, 4) is 0 Å². The smallest absolute Gasteiger partial charge is 0.268 e. The van der Waals surface area contributed by atoms with E-state index in [0.717, 1.165) is 29.7 Å². The molecule has 0 aliphatic carbocycles. The number of likely N-dealkylation sites (tertiary alicyclic amines) is 1. The van der Waals surface area contributed by atoms with Crippen LogP contribution in [-0.4, -0.2) is 70.8 Å². The van der Waals surface area contributed by atoms with E-state index in [2.05, 4.69) is 17.2 Å². The van der Waals surface area contributed by atoms with Gasteiger partial charge in [0, 0.05) is 30.6 Å². The Morgan fingerprint density at radius 1 is 1.26 bits per heavy atom. The Morgan fingerprint density at radius 2 is 2.05 bits per heavy atom. The second-order valence-electron chi connectivity index (χ2n) is 9.74. The highest BCUT2D eigenvalue weighted by Gasteiger charge is 2.28. The first-order chi connectivity index (χ1) is 18.7. The van der Waals surface area contributed by atoms with Crippen molar-refractivity contribution < 1.29 is 14.4 Å². The number of anilines is 2. The lowest BCUT2D eigenvalue weighted by molar-refractivity contribution is -0.126. The van der Waals surface area contributed by atoms with Crippen molar-refractivity contribution in [1.82, 2.24) is 19.4 Å². The second kappa shape index (κ2) is 12.6. The van der Waals surface area contributed by atoms with Crippen LogP contribution in [0.25, 0.3) is 11.0 Å². The summed E-state index contributed by atoms with van der Waals surface area (Å²) in [6.45, 7) is 7.12. The van der Waals surface area contributed by atoms with Crippen LogP contribution in [0.1, 0.15) is 39.9 Å². The number of amides is 3. The molecule has 39 heavy (non-hydrogen) atoms. The summed E-state index contributed by atoms with van der Waals surface area (Å²) in [7, 11) is 3.91. The summed E-state index contributed by atoms with van der Waals surface area (Å²) in [5.41, 5.74) is 1.94. The van der Waals surface area contributed by atoms with Crippen LogP contribution >= 0.6 is 22.9 Å². The number of likely N-dealkylation sites (N-methyl/N-ethyl adjacent to an activating group) is 1. The Labute approximate surface area is 237 Å². The predicted molar refractivity (Wildman–Crippen MR) is 158 cm³/mol. The molecule has 0 bridgehead atoms. The van der Waals surface area contributed by atoms with Gasteiger partial charge in [-0.2, -0.15) is 0 Å². The number of aromatic nitrogens is 2. The molecule has 0 unspecified atom stereocenters. The number of halogens is 1. The van der Waals surface area contributed by atoms with Gasteiger partial charge in [-0.05, 0) is 64.6 Å². The summed E-state index contributed by atoms with van der Waals surface area (Å²) in [4.78, 5) is 47.9. The number of carbonyl (C=O) groups excluding carboxylic acids is 3. The minimum absolute atomic E-state index is 0.0342. The molecule has 1 saturated heterocycles. The van der Waals surface area contributed by atoms with Gasteiger partial charge in [-0.15, -0.1) is 11.3 Å². The van der Waals surface area contributed by atoms with Crippen molar-refractivity contribution in [1.29, 1.82) is 0 Å². The van der Waals surface area contributed by atoms with E-state index in [1.165, 1.54) is 17.4 Å². The number of hydrogen-bond acceptors (Lipinski definition) is 6. The molecule has 1 aliphatic rings. The van der Waals surface area contributed by atoms with Gasteiger partial charge in [0.15, 0.2) is 0 Å². The minimum atomic E-state index is -0.344. The van der Waals surface area contributed by atoms with Crippen molar-refractivity contribution in [2.75, 3.05) is 44.4 Å². The van der Waals surface area contributed by atoms with Crippen LogP contribution in [0.3, 0.4) is 0 Å². The molecular formula is C28H33ClN6O3S. The predicted octanol–water partition coefficient (Wildman–Crippen LogP) is 5.11. The van der Waals surface area contributed by atoms with Gasteiger partial charge in [-0.3, -0.25) is 19.7 Å². The van der Waals surface area contributed by atoms with Crippen LogP contribution in [-0.2, 0) is 9.59 Å². The number of imidazole rings is 1. The number of hydrogen-bond donors (Lipinski definition) is 2. The number of nitrogens with one attached hydrogen (secondary N) is 2. The second-order valence-corrected chi connectivity index (χ2v) is 11.4. The molecule has 11 heteroatoms. The molecule has 206 valence electrons. The molecule has 1 atom stereocenters. The topological polar surface area (TPSA) is 99.6 Å². The number of rotatable bonds is 8. The van der Waals surface area contributed by atoms with Crippen LogP contribution in [0, 0.1) is 6.92 Å². The number of benzene rings is 1. The molecule has 0 saturated carbocycles. The molecule has 2 N–H and O–H groups in total. The largest absolute Gasteiger partial charge is 0.337 e. The maximum atomic E-state index is 13.3. The minimum Gasteiger partial charge on any atom is -0.337 e. The van der Waals surface area contributed by atoms with E-state index in [1.54, 1.807) is 18.2 Å². The zero-order chi connectivity index (χ0) is 28.1. The van der Waals surface area contributed by atoms with Crippen molar-refractivity contribution >= 4 is 63.3 Å². The quantitative estimate of drug-likeness (QED) is 0.368. The Balaban J connectivity index is 1.65. The average molecular weight is 569 g/mol. The Kier molecular flexibility index (Phi) is 9.21. The lowest BCUT2D eigenvalue weighted by atomic mass is 10.1. The molecule has 3 amide bonds. The molecule has 1 fully saturated rings. The number of carbonyl (C=O) groups is 3. The van der Waals surface area contributed by atoms with Gasteiger partial charge in [-0.1, -0.05) is 30.3 Å². The van der Waals surface area contributed by atoms with Crippen LogP contribution in [0.4, 0.5) is 11.6 Å². The monoisotopic (exact) mass is 568 g/mol. The summed E-state index contributed by atoms with van der Waals surface area (Å²) >= 11 is 7.93. The fourth-order valence-electron chi connectivity index (χ4n) is 4.62. The molecule has 1 aromatic carbocycles. The van der Waals surface area contributed by atoms with Gasteiger partial charge in [0.05, 0.1) is 32.7 Å². The summed E-state index contributed by atoms with van der Waals surface area (Å²) < 4.78 is 1.96. The summed E-state index contributed by atoms with van der Waals surface area (Å²) in [6.07, 6.45) is 7.30. The van der Waals surface area contributed by atoms with E-state index in [9.17, 15) is 14.4 Å². The van der Waals surface area contributed by atoms with Crippen molar-refractivity contribution in [3.05, 3.63) is 63.8 Å². The zero-order valence-electron chi connectivity index (χ0n) is 22.4. The van der Waals surface area contributed by atoms with Crippen LogP contribution < -0.4 is 10.6 Å². The van der Waals surface area contributed by atoms with E-state index < -0.39 is 0 Å². The van der Waals surface area contributed by atoms with Crippen LogP contribution in [0.5, 0.6) is 0 Å². The number of para-hydroxylation sites is 1. The van der Waals surface area contributed by atoms with Crippen molar-refractivity contribution in [2.45, 2.75) is 32.2 Å². The summed E-state index contributed by atoms with van der Waals surface area (Å²) in [6, 6.07) is 6.99. The van der Waals surface area contributed by atoms with Crippen molar-refractivity contribution in [2.24, 2.45) is 0 Å². The summed E-state index contributed by atoms with van der Waals surface area (Å²) in [5, 5.41) is 6.22. The van der Waals surface area contributed by atoms with Gasteiger partial charge in [0.2, 0.25) is 17.8 Å². The van der Waals surface area contributed by atoms with Crippen LogP contribution in [0.2, 0.25) is 5.02 Å². The Morgan fingerprint density at radius 3 is 2.79 bits per heavy atom. The first-order valence-electron chi connectivity index (χ1n) is 12.8. The first kappa shape index (κ1) is 28.5. The van der Waals surface area contributed by atoms with E-state index in [-0.39, 0.29) is 23.8 Å². The SMILES string of the molecule is C=CC(=O)Nc1cc(C(=O)Nc2nc3cccc(Cl)c3n2[C@@H]2CCCCN(C(=O)/C=C/CN(C)C)C2)sc1C. The van der Waals surface area contributed by atoms with E-state index in [0.29, 0.717) is 46.7 Å². The van der Waals surface area contributed by atoms with E-state index in [4.69, 9.17) is 16.6 Å². The number of aryl methyl sites for hydroxylation is 1. The number of nitrogens with zero attached hydrogens (tertiary/aromatic N) is 4. The molecule has 3 heterocycles. The van der Waals surface area contributed by atoms with Gasteiger partial charge in [0.25, 0.3) is 5.91 Å². The third-order valence-electron chi connectivity index (χ3n) is 6.53. The van der Waals surface area contributed by atoms with Crippen LogP contribution in [0.15, 0.2) is 49.1 Å². The molecule has 4 rings (SSSR count). The zero-order valence-corrected chi connectivity index (χ0v) is 23.9. The van der Waals surface area contributed by atoms with Gasteiger partial charge < -0.3 is 19.7 Å². The molecule has 2 aromatic heterocycles. The highest BCUT2D eigenvalue weighted by Crippen LogP contribution is 2.34. The third kappa shape index (κ3) is 6.76. The van der Waals surface area contributed by atoms with Gasteiger partial charge >= 0.3 is 0 Å². The molecule has 0 spiro atoms. The lowest BCUT2D eigenvalue weighted by Crippen LogP contribution is -2.34. The molecular weight excluding hydrogens is 536 g/mol.